The molecule has 26 heavy (non-hydrogen) atoms. The SMILES string of the molecule is C=CCOC(=O)CC(Cc1ccccc1)NC(=O)OCc1ccccc1. The lowest BCUT2D eigenvalue weighted by Crippen LogP contribution is -2.38. The maximum atomic E-state index is 12.1. The molecule has 2 aromatic rings. The molecule has 2 aromatic carbocycles. The van der Waals surface area contributed by atoms with Crippen molar-refractivity contribution in [1.29, 1.82) is 0 Å². The van der Waals surface area contributed by atoms with Crippen molar-refractivity contribution < 1.29 is 19.1 Å². The Kier molecular flexibility index (Phi) is 7.93. The molecular weight excluding hydrogens is 330 g/mol. The van der Waals surface area contributed by atoms with E-state index in [2.05, 4.69) is 11.9 Å². The summed E-state index contributed by atoms with van der Waals surface area (Å²) in [6.45, 7) is 3.83. The van der Waals surface area contributed by atoms with E-state index < -0.39 is 18.1 Å². The predicted molar refractivity (Wildman–Crippen MR) is 99.5 cm³/mol. The third kappa shape index (κ3) is 7.21. The van der Waals surface area contributed by atoms with E-state index in [4.69, 9.17) is 9.47 Å². The molecule has 0 aliphatic rings. The number of alkyl carbamates (subject to hydrolysis) is 1. The Morgan fingerprint density at radius 3 is 2.19 bits per heavy atom. The van der Waals surface area contributed by atoms with Gasteiger partial charge in [-0.15, -0.1) is 0 Å². The van der Waals surface area contributed by atoms with E-state index in [0.29, 0.717) is 6.42 Å². The van der Waals surface area contributed by atoms with Crippen LogP contribution in [-0.2, 0) is 27.3 Å². The molecule has 0 bridgehead atoms. The van der Waals surface area contributed by atoms with Crippen LogP contribution in [0.3, 0.4) is 0 Å². The highest BCUT2D eigenvalue weighted by atomic mass is 16.5. The predicted octanol–water partition coefficient (Wildman–Crippen LogP) is 3.64. The third-order valence-corrected chi connectivity index (χ3v) is 3.63. The van der Waals surface area contributed by atoms with Gasteiger partial charge in [0.05, 0.1) is 6.42 Å². The van der Waals surface area contributed by atoms with Crippen molar-refractivity contribution in [3.05, 3.63) is 84.4 Å². The highest BCUT2D eigenvalue weighted by Gasteiger charge is 2.18. The van der Waals surface area contributed by atoms with Crippen LogP contribution in [0, 0.1) is 0 Å². The standard InChI is InChI=1S/C21H23NO4/c1-2-13-25-20(23)15-19(14-17-9-5-3-6-10-17)22-21(24)26-16-18-11-7-4-8-12-18/h2-12,19H,1,13-16H2,(H,22,24). The lowest BCUT2D eigenvalue weighted by atomic mass is 10.0. The molecule has 0 radical (unpaired) electrons. The Morgan fingerprint density at radius 2 is 1.58 bits per heavy atom. The Bertz CT molecular complexity index is 700. The highest BCUT2D eigenvalue weighted by molar-refractivity contribution is 5.73. The van der Waals surface area contributed by atoms with E-state index in [1.54, 1.807) is 0 Å². The number of carbonyl (C=O) groups excluding carboxylic acids is 2. The molecule has 0 saturated heterocycles. The summed E-state index contributed by atoms with van der Waals surface area (Å²) in [5, 5.41) is 2.76. The largest absolute Gasteiger partial charge is 0.461 e. The fraction of sp³-hybridized carbons (Fsp3) is 0.238. The van der Waals surface area contributed by atoms with Gasteiger partial charge in [0.1, 0.15) is 13.2 Å². The number of hydrogen-bond donors (Lipinski definition) is 1. The average molecular weight is 353 g/mol. The van der Waals surface area contributed by atoms with Crippen LogP contribution in [0.2, 0.25) is 0 Å². The molecule has 5 heteroatoms. The normalized spacial score (nSPS) is 11.2. The summed E-state index contributed by atoms with van der Waals surface area (Å²) in [7, 11) is 0. The number of rotatable bonds is 9. The molecule has 2 rings (SSSR count). The second kappa shape index (κ2) is 10.7. The molecule has 0 aromatic heterocycles. The first-order valence-corrected chi connectivity index (χ1v) is 8.45. The lowest BCUT2D eigenvalue weighted by molar-refractivity contribution is -0.142. The number of esters is 1. The van der Waals surface area contributed by atoms with Gasteiger partial charge in [-0.25, -0.2) is 4.79 Å². The Labute approximate surface area is 153 Å². The number of hydrogen-bond acceptors (Lipinski definition) is 4. The van der Waals surface area contributed by atoms with Gasteiger partial charge in [-0.3, -0.25) is 4.79 Å². The minimum Gasteiger partial charge on any atom is -0.461 e. The maximum Gasteiger partial charge on any atom is 0.407 e. The molecule has 0 heterocycles. The van der Waals surface area contributed by atoms with Gasteiger partial charge in [0.15, 0.2) is 0 Å². The summed E-state index contributed by atoms with van der Waals surface area (Å²) in [5.74, 6) is -0.394. The van der Waals surface area contributed by atoms with Crippen molar-refractivity contribution in [1.82, 2.24) is 5.32 Å². The summed E-state index contributed by atoms with van der Waals surface area (Å²) in [4.78, 5) is 24.0. The smallest absolute Gasteiger partial charge is 0.407 e. The van der Waals surface area contributed by atoms with E-state index in [0.717, 1.165) is 11.1 Å². The van der Waals surface area contributed by atoms with E-state index in [-0.39, 0.29) is 19.6 Å². The number of amides is 1. The molecule has 0 spiro atoms. The molecule has 5 nitrogen and oxygen atoms in total. The Hall–Kier alpha value is -3.08. The van der Waals surface area contributed by atoms with Crippen LogP contribution in [0.4, 0.5) is 4.79 Å². The molecule has 136 valence electrons. The van der Waals surface area contributed by atoms with Crippen molar-refractivity contribution in [2.75, 3.05) is 6.61 Å². The van der Waals surface area contributed by atoms with Gasteiger partial charge in [0, 0.05) is 6.04 Å². The Balaban J connectivity index is 1.92. The summed E-state index contributed by atoms with van der Waals surface area (Å²) in [5.41, 5.74) is 1.91. The van der Waals surface area contributed by atoms with Gasteiger partial charge in [0.25, 0.3) is 0 Å². The molecule has 1 atom stereocenters. The van der Waals surface area contributed by atoms with Crippen molar-refractivity contribution in [3.63, 3.8) is 0 Å². The van der Waals surface area contributed by atoms with Crippen LogP contribution in [0.1, 0.15) is 17.5 Å². The maximum absolute atomic E-state index is 12.1. The van der Waals surface area contributed by atoms with Crippen molar-refractivity contribution in [2.24, 2.45) is 0 Å². The van der Waals surface area contributed by atoms with Crippen LogP contribution < -0.4 is 5.32 Å². The average Bonchev–Trinajstić information content (AvgIpc) is 2.66. The van der Waals surface area contributed by atoms with Crippen LogP contribution in [0.5, 0.6) is 0 Å². The monoisotopic (exact) mass is 353 g/mol. The first-order chi connectivity index (χ1) is 12.7. The molecule has 0 aliphatic carbocycles. The van der Waals surface area contributed by atoms with Crippen molar-refractivity contribution >= 4 is 12.1 Å². The van der Waals surface area contributed by atoms with Crippen LogP contribution in [0.25, 0.3) is 0 Å². The Morgan fingerprint density at radius 1 is 0.962 bits per heavy atom. The molecule has 1 amide bonds. The van der Waals surface area contributed by atoms with Gasteiger partial charge in [-0.1, -0.05) is 73.3 Å². The molecule has 0 aliphatic heterocycles. The van der Waals surface area contributed by atoms with Crippen LogP contribution in [-0.4, -0.2) is 24.7 Å². The zero-order valence-electron chi connectivity index (χ0n) is 14.6. The van der Waals surface area contributed by atoms with Gasteiger partial charge < -0.3 is 14.8 Å². The van der Waals surface area contributed by atoms with E-state index in [1.807, 2.05) is 60.7 Å². The fourth-order valence-corrected chi connectivity index (χ4v) is 2.42. The van der Waals surface area contributed by atoms with Crippen molar-refractivity contribution in [3.8, 4) is 0 Å². The number of carbonyl (C=O) groups is 2. The second-order valence-corrected chi connectivity index (χ2v) is 5.77. The first-order valence-electron chi connectivity index (χ1n) is 8.45. The quantitative estimate of drug-likeness (QED) is 0.552. The molecular formula is C21H23NO4. The van der Waals surface area contributed by atoms with Crippen LogP contribution in [0.15, 0.2) is 73.3 Å². The summed E-state index contributed by atoms with van der Waals surface area (Å²) < 4.78 is 10.3. The second-order valence-electron chi connectivity index (χ2n) is 5.77. The lowest BCUT2D eigenvalue weighted by Gasteiger charge is -2.18. The highest BCUT2D eigenvalue weighted by Crippen LogP contribution is 2.08. The van der Waals surface area contributed by atoms with E-state index >= 15 is 0 Å². The van der Waals surface area contributed by atoms with Crippen LogP contribution >= 0.6 is 0 Å². The van der Waals surface area contributed by atoms with E-state index in [1.165, 1.54) is 6.08 Å². The molecule has 1 N–H and O–H groups in total. The number of nitrogens with one attached hydrogen (secondary N) is 1. The van der Waals surface area contributed by atoms with Gasteiger partial charge in [-0.2, -0.15) is 0 Å². The zero-order chi connectivity index (χ0) is 18.6. The molecule has 1 unspecified atom stereocenters. The first kappa shape index (κ1) is 19.2. The minimum absolute atomic E-state index is 0.0587. The molecule has 0 saturated carbocycles. The van der Waals surface area contributed by atoms with Gasteiger partial charge >= 0.3 is 12.1 Å². The molecule has 0 fully saturated rings. The van der Waals surface area contributed by atoms with E-state index in [9.17, 15) is 9.59 Å². The summed E-state index contributed by atoms with van der Waals surface area (Å²) >= 11 is 0. The minimum atomic E-state index is -0.564. The zero-order valence-corrected chi connectivity index (χ0v) is 14.6. The number of benzene rings is 2. The van der Waals surface area contributed by atoms with Gasteiger partial charge in [-0.05, 0) is 17.5 Å². The van der Waals surface area contributed by atoms with Gasteiger partial charge in [0.2, 0.25) is 0 Å². The number of ether oxygens (including phenoxy) is 2. The summed E-state index contributed by atoms with van der Waals surface area (Å²) in [6, 6.07) is 18.6. The third-order valence-electron chi connectivity index (χ3n) is 3.63. The fourth-order valence-electron chi connectivity index (χ4n) is 2.42. The topological polar surface area (TPSA) is 64.6 Å². The summed E-state index contributed by atoms with van der Waals surface area (Å²) in [6.07, 6.45) is 1.51. The van der Waals surface area contributed by atoms with Crippen molar-refractivity contribution in [2.45, 2.75) is 25.5 Å².